The minimum atomic E-state index is -0.612. The predicted octanol–water partition coefficient (Wildman–Crippen LogP) is 2.18. The van der Waals surface area contributed by atoms with Gasteiger partial charge in [-0.15, -0.1) is 0 Å². The monoisotopic (exact) mass is 217 g/mol. The summed E-state index contributed by atoms with van der Waals surface area (Å²) in [5.74, 6) is 0.517. The van der Waals surface area contributed by atoms with Crippen LogP contribution < -0.4 is 4.74 Å². The van der Waals surface area contributed by atoms with Gasteiger partial charge in [0.1, 0.15) is 5.75 Å². The molecule has 6 nitrogen and oxygen atoms in total. The van der Waals surface area contributed by atoms with Crippen LogP contribution in [0.3, 0.4) is 0 Å². The van der Waals surface area contributed by atoms with Crippen LogP contribution in [0.25, 0.3) is 0 Å². The smallest absolute Gasteiger partial charge is 0.390 e. The highest BCUT2D eigenvalue weighted by molar-refractivity contribution is 5.27. The van der Waals surface area contributed by atoms with Crippen LogP contribution in [0.5, 0.6) is 11.6 Å². The second-order valence-corrected chi connectivity index (χ2v) is 2.90. The number of nitrogens with zero attached hydrogens (tertiary/aromatic N) is 3. The summed E-state index contributed by atoms with van der Waals surface area (Å²) in [6.45, 7) is 0. The second kappa shape index (κ2) is 4.35. The molecular weight excluding hydrogens is 210 g/mol. The molecule has 0 atom stereocenters. The van der Waals surface area contributed by atoms with Gasteiger partial charge in [-0.3, -0.25) is 0 Å². The molecule has 0 spiro atoms. The van der Waals surface area contributed by atoms with Gasteiger partial charge in [-0.2, -0.15) is 0 Å². The van der Waals surface area contributed by atoms with Crippen molar-refractivity contribution in [1.82, 2.24) is 10.2 Å². The molecule has 16 heavy (non-hydrogen) atoms. The Balaban J connectivity index is 2.14. The molecule has 0 aliphatic carbocycles. The average Bonchev–Trinajstić information content (AvgIpc) is 2.31. The first kappa shape index (κ1) is 10.0. The average molecular weight is 217 g/mol. The first-order chi connectivity index (χ1) is 7.75. The Kier molecular flexibility index (Phi) is 2.73. The van der Waals surface area contributed by atoms with Crippen molar-refractivity contribution in [3.63, 3.8) is 0 Å². The van der Waals surface area contributed by atoms with Gasteiger partial charge in [0.25, 0.3) is 5.88 Å². The van der Waals surface area contributed by atoms with E-state index < -0.39 is 4.92 Å². The second-order valence-electron chi connectivity index (χ2n) is 2.90. The van der Waals surface area contributed by atoms with Crippen LogP contribution in [-0.2, 0) is 0 Å². The summed E-state index contributed by atoms with van der Waals surface area (Å²) in [5.41, 5.74) is 0. The van der Waals surface area contributed by atoms with E-state index in [0.29, 0.717) is 5.75 Å². The lowest BCUT2D eigenvalue weighted by molar-refractivity contribution is -0.390. The first-order valence-electron chi connectivity index (χ1n) is 4.47. The zero-order chi connectivity index (χ0) is 11.4. The summed E-state index contributed by atoms with van der Waals surface area (Å²) in [4.78, 5) is 9.72. The highest BCUT2D eigenvalue weighted by Crippen LogP contribution is 2.18. The minimum absolute atomic E-state index is 0.219. The lowest BCUT2D eigenvalue weighted by Gasteiger charge is -2.00. The third-order valence-electron chi connectivity index (χ3n) is 1.78. The molecule has 0 saturated heterocycles. The molecule has 0 aliphatic heterocycles. The molecule has 1 aromatic carbocycles. The molecule has 1 heterocycles. The summed E-state index contributed by atoms with van der Waals surface area (Å²) >= 11 is 0. The van der Waals surface area contributed by atoms with Crippen molar-refractivity contribution in [3.8, 4) is 11.6 Å². The SMILES string of the molecule is O=[N+]([O-])c1ccc(Oc2ccccc2)nn1. The Morgan fingerprint density at radius 1 is 1.06 bits per heavy atom. The fraction of sp³-hybridized carbons (Fsp3) is 0. The van der Waals surface area contributed by atoms with Crippen molar-refractivity contribution >= 4 is 5.82 Å². The van der Waals surface area contributed by atoms with Crippen LogP contribution in [0.2, 0.25) is 0 Å². The summed E-state index contributed by atoms with van der Waals surface area (Å²) in [6.07, 6.45) is 0. The quantitative estimate of drug-likeness (QED) is 0.581. The number of aromatic nitrogens is 2. The Morgan fingerprint density at radius 3 is 2.38 bits per heavy atom. The molecule has 0 N–H and O–H groups in total. The largest absolute Gasteiger partial charge is 0.436 e. The van der Waals surface area contributed by atoms with E-state index in [4.69, 9.17) is 4.74 Å². The standard InChI is InChI=1S/C10H7N3O3/c14-13(15)9-6-7-10(12-11-9)16-8-4-2-1-3-5-8/h1-7H. The Bertz CT molecular complexity index is 484. The van der Waals surface area contributed by atoms with E-state index in [1.165, 1.54) is 12.1 Å². The lowest BCUT2D eigenvalue weighted by Crippen LogP contribution is -1.95. The van der Waals surface area contributed by atoms with E-state index in [-0.39, 0.29) is 11.7 Å². The molecule has 80 valence electrons. The molecule has 0 fully saturated rings. The number of ether oxygens (including phenoxy) is 1. The van der Waals surface area contributed by atoms with E-state index in [9.17, 15) is 10.1 Å². The highest BCUT2D eigenvalue weighted by atomic mass is 16.6. The van der Waals surface area contributed by atoms with Crippen molar-refractivity contribution in [2.75, 3.05) is 0 Å². The van der Waals surface area contributed by atoms with Gasteiger partial charge in [0.2, 0.25) is 0 Å². The number of hydrogen-bond donors (Lipinski definition) is 0. The fourth-order valence-corrected chi connectivity index (χ4v) is 1.07. The van der Waals surface area contributed by atoms with Crippen LogP contribution in [0, 0.1) is 10.1 Å². The van der Waals surface area contributed by atoms with Gasteiger partial charge in [0.15, 0.2) is 0 Å². The van der Waals surface area contributed by atoms with Gasteiger partial charge in [-0.25, -0.2) is 0 Å². The Hall–Kier alpha value is -2.50. The molecule has 0 amide bonds. The molecule has 0 saturated carbocycles. The minimum Gasteiger partial charge on any atom is -0.436 e. The Morgan fingerprint density at radius 2 is 1.81 bits per heavy atom. The molecular formula is C10H7N3O3. The molecule has 6 heteroatoms. The van der Waals surface area contributed by atoms with E-state index in [0.717, 1.165) is 0 Å². The van der Waals surface area contributed by atoms with Crippen LogP contribution in [0.15, 0.2) is 42.5 Å². The summed E-state index contributed by atoms with van der Waals surface area (Å²) in [6, 6.07) is 11.6. The van der Waals surface area contributed by atoms with Gasteiger partial charge in [-0.1, -0.05) is 18.2 Å². The van der Waals surface area contributed by atoms with E-state index in [2.05, 4.69) is 10.2 Å². The third kappa shape index (κ3) is 2.30. The molecule has 0 aliphatic rings. The third-order valence-corrected chi connectivity index (χ3v) is 1.78. The van der Waals surface area contributed by atoms with Gasteiger partial charge in [-0.05, 0) is 17.1 Å². The van der Waals surface area contributed by atoms with Crippen LogP contribution >= 0.6 is 0 Å². The van der Waals surface area contributed by atoms with Crippen molar-refractivity contribution in [1.29, 1.82) is 0 Å². The lowest BCUT2D eigenvalue weighted by atomic mass is 10.3. The number of nitro groups is 1. The molecule has 0 unspecified atom stereocenters. The topological polar surface area (TPSA) is 78.2 Å². The van der Waals surface area contributed by atoms with Crippen LogP contribution in [0.1, 0.15) is 0 Å². The van der Waals surface area contributed by atoms with Crippen LogP contribution in [0.4, 0.5) is 5.82 Å². The van der Waals surface area contributed by atoms with Crippen LogP contribution in [-0.4, -0.2) is 15.1 Å². The van der Waals surface area contributed by atoms with Crippen molar-refractivity contribution in [3.05, 3.63) is 52.6 Å². The van der Waals surface area contributed by atoms with Gasteiger partial charge < -0.3 is 14.9 Å². The van der Waals surface area contributed by atoms with Crippen molar-refractivity contribution in [2.24, 2.45) is 0 Å². The summed E-state index contributed by atoms with van der Waals surface area (Å²) < 4.78 is 5.32. The predicted molar refractivity (Wildman–Crippen MR) is 55.2 cm³/mol. The number of para-hydroxylation sites is 1. The molecule has 1 aromatic heterocycles. The maximum absolute atomic E-state index is 10.3. The fourth-order valence-electron chi connectivity index (χ4n) is 1.07. The molecule has 2 aromatic rings. The molecule has 0 bridgehead atoms. The van der Waals surface area contributed by atoms with E-state index in [1.54, 1.807) is 12.1 Å². The van der Waals surface area contributed by atoms with Gasteiger partial charge in [0.05, 0.1) is 5.10 Å². The zero-order valence-electron chi connectivity index (χ0n) is 8.11. The molecule has 0 radical (unpaired) electrons. The first-order valence-corrected chi connectivity index (χ1v) is 4.47. The van der Waals surface area contributed by atoms with Crippen molar-refractivity contribution < 1.29 is 9.66 Å². The molecule has 2 rings (SSSR count). The highest BCUT2D eigenvalue weighted by Gasteiger charge is 2.09. The number of benzene rings is 1. The van der Waals surface area contributed by atoms with Gasteiger partial charge in [0, 0.05) is 17.2 Å². The maximum atomic E-state index is 10.3. The maximum Gasteiger partial charge on any atom is 0.390 e. The van der Waals surface area contributed by atoms with Gasteiger partial charge >= 0.3 is 5.82 Å². The zero-order valence-corrected chi connectivity index (χ0v) is 8.11. The summed E-state index contributed by atoms with van der Waals surface area (Å²) in [5, 5.41) is 17.3. The van der Waals surface area contributed by atoms with Crippen molar-refractivity contribution in [2.45, 2.75) is 0 Å². The normalized spacial score (nSPS) is 9.75. The Labute approximate surface area is 90.7 Å². The van der Waals surface area contributed by atoms with E-state index in [1.807, 2.05) is 18.2 Å². The number of hydrogen-bond acceptors (Lipinski definition) is 5. The number of rotatable bonds is 3. The summed E-state index contributed by atoms with van der Waals surface area (Å²) in [7, 11) is 0. The van der Waals surface area contributed by atoms with E-state index >= 15 is 0 Å².